The van der Waals surface area contributed by atoms with Crippen LogP contribution in [0.4, 0.5) is 0 Å². The van der Waals surface area contributed by atoms with Crippen LogP contribution in [-0.2, 0) is 9.59 Å². The van der Waals surface area contributed by atoms with E-state index in [1.807, 2.05) is 18.2 Å². The fourth-order valence-corrected chi connectivity index (χ4v) is 2.67. The van der Waals surface area contributed by atoms with E-state index in [0.29, 0.717) is 24.4 Å². The molecule has 0 aliphatic rings. The molecule has 0 amide bonds. The second kappa shape index (κ2) is 13.8. The summed E-state index contributed by atoms with van der Waals surface area (Å²) in [7, 11) is 0. The molecule has 0 radical (unpaired) electrons. The van der Waals surface area contributed by atoms with Gasteiger partial charge in [-0.05, 0) is 31.4 Å². The minimum Gasteiger partial charge on any atom is -0.427 e. The van der Waals surface area contributed by atoms with Gasteiger partial charge in [-0.1, -0.05) is 63.6 Å². The Hall–Kier alpha value is -1.64. The van der Waals surface area contributed by atoms with E-state index in [1.54, 1.807) is 12.1 Å². The van der Waals surface area contributed by atoms with Gasteiger partial charge in [0.2, 0.25) is 0 Å². The number of benzene rings is 1. The topological polar surface area (TPSA) is 43.4 Å². The molecule has 24 heavy (non-hydrogen) atoms. The molecule has 0 aliphatic heterocycles. The molecule has 0 N–H and O–H groups in total. The number of para-hydroxylation sites is 1. The molecule has 0 bridgehead atoms. The van der Waals surface area contributed by atoms with Crippen LogP contribution in [0.5, 0.6) is 5.75 Å². The maximum absolute atomic E-state index is 11.8. The van der Waals surface area contributed by atoms with E-state index < -0.39 is 0 Å². The minimum absolute atomic E-state index is 0.195. The van der Waals surface area contributed by atoms with Crippen molar-refractivity contribution in [1.82, 2.24) is 0 Å². The lowest BCUT2D eigenvalue weighted by molar-refractivity contribution is -0.134. The minimum atomic E-state index is -0.195. The van der Waals surface area contributed by atoms with E-state index >= 15 is 0 Å². The number of ketones is 1. The lowest BCUT2D eigenvalue weighted by Gasteiger charge is -2.04. The highest BCUT2D eigenvalue weighted by atomic mass is 16.5. The lowest BCUT2D eigenvalue weighted by atomic mass is 10.0. The second-order valence-electron chi connectivity index (χ2n) is 6.40. The quantitative estimate of drug-likeness (QED) is 0.243. The molecule has 1 aromatic rings. The monoisotopic (exact) mass is 332 g/mol. The van der Waals surface area contributed by atoms with Crippen molar-refractivity contribution in [3.05, 3.63) is 30.3 Å². The van der Waals surface area contributed by atoms with E-state index in [9.17, 15) is 9.59 Å². The van der Waals surface area contributed by atoms with Crippen molar-refractivity contribution in [3.8, 4) is 5.75 Å². The van der Waals surface area contributed by atoms with Crippen LogP contribution in [0.25, 0.3) is 0 Å². The Labute approximate surface area is 146 Å². The van der Waals surface area contributed by atoms with Crippen molar-refractivity contribution in [2.75, 3.05) is 0 Å². The van der Waals surface area contributed by atoms with Crippen LogP contribution in [0.3, 0.4) is 0 Å². The molecular formula is C21H32O3. The first-order chi connectivity index (χ1) is 11.7. The maximum Gasteiger partial charge on any atom is 0.311 e. The van der Waals surface area contributed by atoms with Crippen LogP contribution in [0.15, 0.2) is 30.3 Å². The maximum atomic E-state index is 11.8. The van der Waals surface area contributed by atoms with Gasteiger partial charge < -0.3 is 4.74 Å². The zero-order valence-electron chi connectivity index (χ0n) is 15.1. The molecule has 134 valence electrons. The number of hydrogen-bond acceptors (Lipinski definition) is 3. The van der Waals surface area contributed by atoms with Gasteiger partial charge in [0.1, 0.15) is 11.5 Å². The summed E-state index contributed by atoms with van der Waals surface area (Å²) < 4.78 is 5.23. The number of rotatable bonds is 14. The van der Waals surface area contributed by atoms with Crippen molar-refractivity contribution >= 4 is 11.8 Å². The first-order valence-electron chi connectivity index (χ1n) is 9.49. The van der Waals surface area contributed by atoms with Gasteiger partial charge in [-0.25, -0.2) is 0 Å². The van der Waals surface area contributed by atoms with Gasteiger partial charge >= 0.3 is 5.97 Å². The summed E-state index contributed by atoms with van der Waals surface area (Å²) in [4.78, 5) is 23.4. The Morgan fingerprint density at radius 1 is 0.750 bits per heavy atom. The SMILES string of the molecule is CCCCCCCCC(=O)CCCCCC(=O)Oc1ccccc1. The molecule has 0 saturated carbocycles. The van der Waals surface area contributed by atoms with Crippen LogP contribution >= 0.6 is 0 Å². The highest BCUT2D eigenvalue weighted by molar-refractivity contribution is 5.78. The lowest BCUT2D eigenvalue weighted by Crippen LogP contribution is -2.07. The van der Waals surface area contributed by atoms with Crippen LogP contribution in [0, 0.1) is 0 Å². The van der Waals surface area contributed by atoms with Gasteiger partial charge in [0.25, 0.3) is 0 Å². The van der Waals surface area contributed by atoms with E-state index in [0.717, 1.165) is 32.1 Å². The summed E-state index contributed by atoms with van der Waals surface area (Å²) in [5.41, 5.74) is 0. The Morgan fingerprint density at radius 2 is 1.29 bits per heavy atom. The first-order valence-corrected chi connectivity index (χ1v) is 9.49. The van der Waals surface area contributed by atoms with Crippen LogP contribution < -0.4 is 4.74 Å². The average Bonchev–Trinajstić information content (AvgIpc) is 2.58. The number of carbonyl (C=O) groups excluding carboxylic acids is 2. The largest absolute Gasteiger partial charge is 0.427 e. The summed E-state index contributed by atoms with van der Waals surface area (Å²) in [6.07, 6.45) is 11.7. The van der Waals surface area contributed by atoms with Crippen LogP contribution in [-0.4, -0.2) is 11.8 Å². The highest BCUT2D eigenvalue weighted by Crippen LogP contribution is 2.12. The Balaban J connectivity index is 1.93. The second-order valence-corrected chi connectivity index (χ2v) is 6.40. The zero-order valence-corrected chi connectivity index (χ0v) is 15.1. The molecule has 0 aromatic heterocycles. The predicted molar refractivity (Wildman–Crippen MR) is 98.2 cm³/mol. The summed E-state index contributed by atoms with van der Waals surface area (Å²) in [5.74, 6) is 0.772. The third-order valence-corrected chi connectivity index (χ3v) is 4.12. The summed E-state index contributed by atoms with van der Waals surface area (Å²) in [6, 6.07) is 9.13. The van der Waals surface area contributed by atoms with Gasteiger partial charge in [-0.3, -0.25) is 9.59 Å². The standard InChI is InChI=1S/C21H32O3/c1-2-3-4-5-6-9-14-19(22)15-10-7-13-18-21(23)24-20-16-11-8-12-17-20/h8,11-12,16-17H,2-7,9-10,13-15,18H2,1H3. The van der Waals surface area contributed by atoms with Gasteiger partial charge in [0, 0.05) is 19.3 Å². The van der Waals surface area contributed by atoms with E-state index in [2.05, 4.69) is 6.92 Å². The summed E-state index contributed by atoms with van der Waals surface area (Å²) in [6.45, 7) is 2.21. The normalized spacial score (nSPS) is 10.5. The number of esters is 1. The third kappa shape index (κ3) is 11.0. The fourth-order valence-electron chi connectivity index (χ4n) is 2.67. The van der Waals surface area contributed by atoms with E-state index in [4.69, 9.17) is 4.74 Å². The molecule has 0 unspecified atom stereocenters. The Kier molecular flexibility index (Phi) is 11.7. The summed E-state index contributed by atoms with van der Waals surface area (Å²) >= 11 is 0. The molecule has 0 heterocycles. The number of ether oxygens (including phenoxy) is 1. The van der Waals surface area contributed by atoms with Crippen molar-refractivity contribution in [2.24, 2.45) is 0 Å². The molecule has 3 heteroatoms. The molecule has 0 spiro atoms. The first kappa shape index (κ1) is 20.4. The van der Waals surface area contributed by atoms with Crippen LogP contribution in [0.1, 0.15) is 84.0 Å². The molecule has 0 fully saturated rings. The van der Waals surface area contributed by atoms with Gasteiger partial charge in [-0.15, -0.1) is 0 Å². The van der Waals surface area contributed by atoms with Crippen molar-refractivity contribution in [1.29, 1.82) is 0 Å². The number of carbonyl (C=O) groups is 2. The molecule has 0 saturated heterocycles. The summed E-state index contributed by atoms with van der Waals surface area (Å²) in [5, 5.41) is 0. The fraction of sp³-hybridized carbons (Fsp3) is 0.619. The smallest absolute Gasteiger partial charge is 0.311 e. The molecule has 1 rings (SSSR count). The zero-order chi connectivity index (χ0) is 17.5. The molecule has 0 atom stereocenters. The number of unbranched alkanes of at least 4 members (excludes halogenated alkanes) is 7. The van der Waals surface area contributed by atoms with Crippen molar-refractivity contribution in [3.63, 3.8) is 0 Å². The van der Waals surface area contributed by atoms with Gasteiger partial charge in [0.05, 0.1) is 0 Å². The molecule has 3 nitrogen and oxygen atoms in total. The molecule has 0 aliphatic carbocycles. The predicted octanol–water partition coefficient (Wildman–Crippen LogP) is 5.86. The number of Topliss-reactive ketones (excluding diaryl/α,β-unsaturated/α-hetero) is 1. The van der Waals surface area contributed by atoms with Crippen molar-refractivity contribution < 1.29 is 14.3 Å². The van der Waals surface area contributed by atoms with E-state index in [1.165, 1.54) is 32.1 Å². The molecular weight excluding hydrogens is 300 g/mol. The number of hydrogen-bond donors (Lipinski definition) is 0. The third-order valence-electron chi connectivity index (χ3n) is 4.12. The van der Waals surface area contributed by atoms with Crippen molar-refractivity contribution in [2.45, 2.75) is 84.0 Å². The molecule has 1 aromatic carbocycles. The Bertz CT molecular complexity index is 453. The van der Waals surface area contributed by atoms with Gasteiger partial charge in [-0.2, -0.15) is 0 Å². The van der Waals surface area contributed by atoms with Crippen LogP contribution in [0.2, 0.25) is 0 Å². The Morgan fingerprint density at radius 3 is 1.96 bits per heavy atom. The van der Waals surface area contributed by atoms with Gasteiger partial charge in [0.15, 0.2) is 0 Å². The van der Waals surface area contributed by atoms with E-state index in [-0.39, 0.29) is 5.97 Å². The average molecular weight is 332 g/mol. The highest BCUT2D eigenvalue weighted by Gasteiger charge is 2.05.